The van der Waals surface area contributed by atoms with Crippen molar-refractivity contribution in [2.75, 3.05) is 18.9 Å². The number of benzene rings is 3. The average molecular weight is 483 g/mol. The van der Waals surface area contributed by atoms with E-state index >= 15 is 0 Å². The van der Waals surface area contributed by atoms with Crippen molar-refractivity contribution in [3.63, 3.8) is 0 Å². The molecule has 0 atom stereocenters. The Morgan fingerprint density at radius 1 is 0.939 bits per heavy atom. The summed E-state index contributed by atoms with van der Waals surface area (Å²) in [4.78, 5) is 26.3. The lowest BCUT2D eigenvalue weighted by molar-refractivity contribution is -0.116. The van der Waals surface area contributed by atoms with Crippen LogP contribution in [-0.2, 0) is 11.4 Å². The van der Waals surface area contributed by atoms with Crippen LogP contribution in [0.4, 0.5) is 5.69 Å². The number of hydrogen-bond acceptors (Lipinski definition) is 4. The predicted molar refractivity (Wildman–Crippen MR) is 129 cm³/mol. The summed E-state index contributed by atoms with van der Waals surface area (Å²) in [6.45, 7) is -0.0369. The largest absolute Gasteiger partial charge is 0.486 e. The molecule has 8 heteroatoms. The van der Waals surface area contributed by atoms with Gasteiger partial charge in [-0.1, -0.05) is 59.6 Å². The van der Waals surface area contributed by atoms with Crippen LogP contribution in [0.25, 0.3) is 10.8 Å². The van der Waals surface area contributed by atoms with Crippen molar-refractivity contribution < 1.29 is 18.7 Å². The molecule has 3 aromatic carbocycles. The van der Waals surface area contributed by atoms with Crippen molar-refractivity contribution in [3.8, 4) is 5.75 Å². The molecule has 168 valence electrons. The lowest BCUT2D eigenvalue weighted by Crippen LogP contribution is -2.34. The zero-order chi connectivity index (χ0) is 23.4. The van der Waals surface area contributed by atoms with Crippen LogP contribution in [0.15, 0.2) is 77.2 Å². The van der Waals surface area contributed by atoms with Gasteiger partial charge in [0, 0.05) is 7.05 Å². The van der Waals surface area contributed by atoms with Gasteiger partial charge in [0.2, 0.25) is 5.91 Å². The summed E-state index contributed by atoms with van der Waals surface area (Å²) in [7, 11) is 1.50. The number of nitrogens with one attached hydrogen (secondary N) is 1. The number of anilines is 1. The van der Waals surface area contributed by atoms with Crippen molar-refractivity contribution in [2.45, 2.75) is 6.61 Å². The Balaban J connectivity index is 1.34. The Bertz CT molecular complexity index is 1300. The molecule has 0 spiro atoms. The van der Waals surface area contributed by atoms with Gasteiger partial charge in [0.15, 0.2) is 5.76 Å². The third-order valence-corrected chi connectivity index (χ3v) is 5.56. The highest BCUT2D eigenvalue weighted by molar-refractivity contribution is 6.39. The van der Waals surface area contributed by atoms with Crippen molar-refractivity contribution in [2.24, 2.45) is 0 Å². The molecule has 0 fully saturated rings. The Morgan fingerprint density at radius 3 is 2.42 bits per heavy atom. The van der Waals surface area contributed by atoms with Crippen molar-refractivity contribution in [1.82, 2.24) is 4.90 Å². The van der Waals surface area contributed by atoms with Gasteiger partial charge < -0.3 is 19.4 Å². The second-order valence-corrected chi connectivity index (χ2v) is 8.18. The molecule has 0 radical (unpaired) electrons. The third-order valence-electron chi connectivity index (χ3n) is 4.93. The van der Waals surface area contributed by atoms with E-state index in [4.69, 9.17) is 32.4 Å². The number of fused-ring (bicyclic) bond motifs is 1. The summed E-state index contributed by atoms with van der Waals surface area (Å²) in [6.07, 6.45) is 0. The molecule has 4 aromatic rings. The molecule has 0 aliphatic rings. The van der Waals surface area contributed by atoms with E-state index in [9.17, 15) is 9.59 Å². The van der Waals surface area contributed by atoms with Gasteiger partial charge in [0.05, 0.1) is 22.3 Å². The number of carbonyl (C=O) groups excluding carboxylic acids is 2. The number of furan rings is 1. The fraction of sp³-hybridized carbons (Fsp3) is 0.120. The highest BCUT2D eigenvalue weighted by atomic mass is 35.5. The zero-order valence-corrected chi connectivity index (χ0v) is 19.2. The van der Waals surface area contributed by atoms with Gasteiger partial charge in [0.1, 0.15) is 18.1 Å². The second kappa shape index (κ2) is 9.98. The number of likely N-dealkylation sites (N-methyl/N-ethyl adjacent to an activating group) is 1. The first-order chi connectivity index (χ1) is 15.9. The van der Waals surface area contributed by atoms with E-state index in [1.54, 1.807) is 30.3 Å². The molecule has 33 heavy (non-hydrogen) atoms. The van der Waals surface area contributed by atoms with Crippen molar-refractivity contribution in [3.05, 3.63) is 94.4 Å². The first-order valence-corrected chi connectivity index (χ1v) is 10.9. The third kappa shape index (κ3) is 5.48. The SMILES string of the molecule is CN(CC(=O)Nc1c(Cl)cccc1Cl)C(=O)c1ccc(COc2ccc3ccccc3c2)o1. The van der Waals surface area contributed by atoms with Gasteiger partial charge in [-0.3, -0.25) is 9.59 Å². The zero-order valence-electron chi connectivity index (χ0n) is 17.7. The van der Waals surface area contributed by atoms with E-state index in [1.165, 1.54) is 11.9 Å². The lowest BCUT2D eigenvalue weighted by Gasteiger charge is -2.16. The monoisotopic (exact) mass is 482 g/mol. The van der Waals surface area contributed by atoms with Crippen LogP contribution < -0.4 is 10.1 Å². The minimum absolute atomic E-state index is 0.109. The highest BCUT2D eigenvalue weighted by Gasteiger charge is 2.19. The summed E-state index contributed by atoms with van der Waals surface area (Å²) in [5, 5.41) is 5.45. The number of carbonyl (C=O) groups is 2. The molecule has 4 rings (SSSR count). The molecule has 0 saturated heterocycles. The summed E-state index contributed by atoms with van der Waals surface area (Å²) >= 11 is 12.1. The number of hydrogen-bond donors (Lipinski definition) is 1. The van der Waals surface area contributed by atoms with Crippen LogP contribution in [0.5, 0.6) is 5.75 Å². The van der Waals surface area contributed by atoms with Crippen LogP contribution in [0.1, 0.15) is 16.3 Å². The summed E-state index contributed by atoms with van der Waals surface area (Å²) in [6, 6.07) is 21.9. The topological polar surface area (TPSA) is 71.8 Å². The molecule has 1 aromatic heterocycles. The Kier molecular flexibility index (Phi) is 6.87. The first-order valence-electron chi connectivity index (χ1n) is 10.1. The molecule has 0 saturated carbocycles. The minimum Gasteiger partial charge on any atom is -0.486 e. The highest BCUT2D eigenvalue weighted by Crippen LogP contribution is 2.29. The van der Waals surface area contributed by atoms with E-state index in [-0.39, 0.29) is 18.9 Å². The van der Waals surface area contributed by atoms with E-state index in [1.807, 2.05) is 42.5 Å². The van der Waals surface area contributed by atoms with E-state index in [2.05, 4.69) is 5.32 Å². The van der Waals surface area contributed by atoms with Gasteiger partial charge >= 0.3 is 0 Å². The molecule has 1 N–H and O–H groups in total. The molecular formula is C25H20Cl2N2O4. The number of para-hydroxylation sites is 1. The smallest absolute Gasteiger partial charge is 0.289 e. The Morgan fingerprint density at radius 2 is 1.67 bits per heavy atom. The molecule has 0 bridgehead atoms. The van der Waals surface area contributed by atoms with E-state index in [0.717, 1.165) is 10.8 Å². The number of amides is 2. The van der Waals surface area contributed by atoms with Gasteiger partial charge in [0.25, 0.3) is 5.91 Å². The fourth-order valence-corrected chi connectivity index (χ4v) is 3.75. The molecule has 0 aliphatic heterocycles. The van der Waals surface area contributed by atoms with Crippen LogP contribution >= 0.6 is 23.2 Å². The summed E-state index contributed by atoms with van der Waals surface area (Å²) in [5.41, 5.74) is 0.304. The van der Waals surface area contributed by atoms with Crippen LogP contribution in [0.3, 0.4) is 0 Å². The van der Waals surface area contributed by atoms with Crippen LogP contribution in [0, 0.1) is 0 Å². The van der Waals surface area contributed by atoms with Gasteiger partial charge in [-0.15, -0.1) is 0 Å². The van der Waals surface area contributed by atoms with E-state index < -0.39 is 11.8 Å². The number of rotatable bonds is 7. The Hall–Kier alpha value is -3.48. The number of ether oxygens (including phenoxy) is 1. The van der Waals surface area contributed by atoms with Gasteiger partial charge in [-0.25, -0.2) is 0 Å². The maximum atomic E-state index is 12.7. The Labute approximate surface area is 200 Å². The van der Waals surface area contributed by atoms with Crippen LogP contribution in [0.2, 0.25) is 10.0 Å². The molecule has 2 amide bonds. The minimum atomic E-state index is -0.438. The predicted octanol–water partition coefficient (Wildman–Crippen LogP) is 6.03. The maximum Gasteiger partial charge on any atom is 0.289 e. The quantitative estimate of drug-likeness (QED) is 0.349. The molecule has 6 nitrogen and oxygen atoms in total. The standard InChI is InChI=1S/C25H20Cl2N2O4/c1-29(14-23(30)28-24-20(26)7-4-8-21(24)27)25(31)22-12-11-19(33-22)15-32-18-10-9-16-5-2-3-6-17(16)13-18/h2-13H,14-15H2,1H3,(H,28,30). The molecule has 0 aliphatic carbocycles. The number of nitrogens with zero attached hydrogens (tertiary/aromatic N) is 1. The summed E-state index contributed by atoms with van der Waals surface area (Å²) in [5.74, 6) is 0.426. The number of halogens is 2. The lowest BCUT2D eigenvalue weighted by atomic mass is 10.1. The van der Waals surface area contributed by atoms with Gasteiger partial charge in [-0.05, 0) is 47.2 Å². The maximum absolute atomic E-state index is 12.7. The molecule has 0 unspecified atom stereocenters. The van der Waals surface area contributed by atoms with Crippen molar-refractivity contribution >= 4 is 51.5 Å². The first kappa shape index (κ1) is 22.7. The summed E-state index contributed by atoms with van der Waals surface area (Å²) < 4.78 is 11.4. The van der Waals surface area contributed by atoms with E-state index in [0.29, 0.717) is 27.2 Å². The van der Waals surface area contributed by atoms with Gasteiger partial charge in [-0.2, -0.15) is 0 Å². The molecule has 1 heterocycles. The second-order valence-electron chi connectivity index (χ2n) is 7.37. The average Bonchev–Trinajstić information content (AvgIpc) is 3.28. The fourth-order valence-electron chi connectivity index (χ4n) is 3.25. The van der Waals surface area contributed by atoms with Crippen LogP contribution in [-0.4, -0.2) is 30.3 Å². The van der Waals surface area contributed by atoms with Crippen molar-refractivity contribution in [1.29, 1.82) is 0 Å². The molecular weight excluding hydrogens is 463 g/mol. The normalized spacial score (nSPS) is 10.8.